The molecular formula is C27H39N5. The quantitative estimate of drug-likeness (QED) is 0.530. The van der Waals surface area contributed by atoms with E-state index in [1.165, 1.54) is 16.7 Å². The topological polar surface area (TPSA) is 75.1 Å². The molecule has 0 spiro atoms. The summed E-state index contributed by atoms with van der Waals surface area (Å²) in [6.45, 7) is 13.8. The van der Waals surface area contributed by atoms with Gasteiger partial charge in [0.1, 0.15) is 11.7 Å². The number of amidine groups is 2. The second kappa shape index (κ2) is 12.8. The minimum atomic E-state index is 0.679. The summed E-state index contributed by atoms with van der Waals surface area (Å²) in [5, 5.41) is 3.47. The number of nitrogens with two attached hydrogens (primary N) is 1. The smallest absolute Gasteiger partial charge is 0.131 e. The van der Waals surface area contributed by atoms with E-state index in [-0.39, 0.29) is 0 Å². The molecule has 2 rings (SSSR count). The van der Waals surface area contributed by atoms with E-state index < -0.39 is 0 Å². The third kappa shape index (κ3) is 7.04. The highest BCUT2D eigenvalue weighted by atomic mass is 15.1. The van der Waals surface area contributed by atoms with Crippen LogP contribution in [0.25, 0.3) is 5.57 Å². The molecule has 1 aromatic rings. The van der Waals surface area contributed by atoms with Crippen molar-refractivity contribution in [3.63, 3.8) is 0 Å². The molecule has 1 heterocycles. The van der Waals surface area contributed by atoms with Crippen molar-refractivity contribution in [1.82, 2.24) is 5.32 Å². The van der Waals surface area contributed by atoms with E-state index in [1.54, 1.807) is 6.20 Å². The van der Waals surface area contributed by atoms with Gasteiger partial charge in [0.15, 0.2) is 0 Å². The van der Waals surface area contributed by atoms with Crippen LogP contribution in [0.4, 0.5) is 0 Å². The van der Waals surface area contributed by atoms with Crippen LogP contribution in [0.2, 0.25) is 0 Å². The molecule has 5 heteroatoms. The zero-order valence-corrected chi connectivity index (χ0v) is 20.6. The Bertz CT molecular complexity index is 970. The van der Waals surface area contributed by atoms with Crippen LogP contribution in [0.1, 0.15) is 71.9 Å². The zero-order valence-electron chi connectivity index (χ0n) is 20.6. The fourth-order valence-corrected chi connectivity index (χ4v) is 3.78. The fourth-order valence-electron chi connectivity index (χ4n) is 3.78. The van der Waals surface area contributed by atoms with Crippen molar-refractivity contribution in [2.45, 2.75) is 67.2 Å². The normalized spacial score (nSPS) is 18.4. The molecule has 0 saturated carbocycles. The maximum atomic E-state index is 5.98. The Labute approximate surface area is 194 Å². The number of nitrogens with one attached hydrogen (secondary N) is 1. The van der Waals surface area contributed by atoms with Crippen molar-refractivity contribution in [2.24, 2.45) is 20.7 Å². The predicted octanol–water partition coefficient (Wildman–Crippen LogP) is 5.84. The minimum Gasteiger partial charge on any atom is -0.404 e. The number of allylic oxidation sites excluding steroid dienone is 2. The summed E-state index contributed by atoms with van der Waals surface area (Å²) in [6.07, 6.45) is 7.58. The Morgan fingerprint density at radius 2 is 1.94 bits per heavy atom. The number of rotatable bonds is 7. The van der Waals surface area contributed by atoms with Crippen LogP contribution in [-0.2, 0) is 6.42 Å². The third-order valence-electron chi connectivity index (χ3n) is 5.65. The Kier molecular flexibility index (Phi) is 10.1. The molecule has 32 heavy (non-hydrogen) atoms. The molecule has 0 unspecified atom stereocenters. The molecular weight excluding hydrogens is 394 g/mol. The summed E-state index contributed by atoms with van der Waals surface area (Å²) in [7, 11) is 0. The lowest BCUT2D eigenvalue weighted by atomic mass is 9.96. The van der Waals surface area contributed by atoms with Crippen LogP contribution in [0, 0.1) is 0 Å². The van der Waals surface area contributed by atoms with Crippen LogP contribution in [0.15, 0.2) is 68.4 Å². The second-order valence-corrected chi connectivity index (χ2v) is 8.23. The van der Waals surface area contributed by atoms with Gasteiger partial charge in [0.2, 0.25) is 0 Å². The molecule has 1 aliphatic rings. The number of nitrogens with zero attached hydrogens (tertiary/aromatic N) is 3. The molecule has 0 saturated heterocycles. The largest absolute Gasteiger partial charge is 0.404 e. The Balaban J connectivity index is 2.28. The van der Waals surface area contributed by atoms with Crippen molar-refractivity contribution >= 4 is 23.0 Å². The van der Waals surface area contributed by atoms with Crippen LogP contribution < -0.4 is 11.1 Å². The van der Waals surface area contributed by atoms with Crippen molar-refractivity contribution < 1.29 is 0 Å². The predicted molar refractivity (Wildman–Crippen MR) is 140 cm³/mol. The third-order valence-corrected chi connectivity index (χ3v) is 5.65. The highest BCUT2D eigenvalue weighted by molar-refractivity contribution is 6.14. The van der Waals surface area contributed by atoms with Gasteiger partial charge in [-0.05, 0) is 77.0 Å². The van der Waals surface area contributed by atoms with Gasteiger partial charge in [-0.3, -0.25) is 15.0 Å². The minimum absolute atomic E-state index is 0.679. The van der Waals surface area contributed by atoms with E-state index in [0.717, 1.165) is 66.5 Å². The first-order chi connectivity index (χ1) is 15.4. The van der Waals surface area contributed by atoms with Gasteiger partial charge < -0.3 is 11.1 Å². The van der Waals surface area contributed by atoms with Crippen molar-refractivity contribution in [3.05, 3.63) is 64.5 Å². The standard InChI is InChI=1S/C27H39N5/c1-7-22-12-9-10-14-25(22)23(8-2)15-17-30-27-24(18-28)13-11-16-29-26(32-27)20(5)21(6)31-19(3)4/h8-10,12,14,18H,7,11,13,15-17,28H2,1-6H3,(H,29,30,32)/b21-20+,23-8-,24-18+. The van der Waals surface area contributed by atoms with Gasteiger partial charge in [-0.15, -0.1) is 0 Å². The summed E-state index contributed by atoms with van der Waals surface area (Å²) in [5.41, 5.74) is 14.0. The van der Waals surface area contributed by atoms with Gasteiger partial charge in [-0.25, -0.2) is 0 Å². The van der Waals surface area contributed by atoms with E-state index in [9.17, 15) is 0 Å². The number of aliphatic imine (C=N–C) groups is 3. The van der Waals surface area contributed by atoms with E-state index in [1.807, 2.05) is 20.8 Å². The molecule has 0 amide bonds. The van der Waals surface area contributed by atoms with Crippen molar-refractivity contribution in [1.29, 1.82) is 0 Å². The van der Waals surface area contributed by atoms with E-state index >= 15 is 0 Å². The first kappa shape index (κ1) is 25.3. The Morgan fingerprint density at radius 1 is 1.19 bits per heavy atom. The lowest BCUT2D eigenvalue weighted by Crippen LogP contribution is -2.35. The van der Waals surface area contributed by atoms with E-state index in [4.69, 9.17) is 15.7 Å². The van der Waals surface area contributed by atoms with Crippen LogP contribution in [0.5, 0.6) is 0 Å². The Morgan fingerprint density at radius 3 is 2.59 bits per heavy atom. The molecule has 5 nitrogen and oxygen atoms in total. The number of benzene rings is 1. The van der Waals surface area contributed by atoms with Crippen LogP contribution in [-0.4, -0.2) is 30.5 Å². The lowest BCUT2D eigenvalue weighted by molar-refractivity contribution is 0.821. The monoisotopic (exact) mass is 433 g/mol. The van der Waals surface area contributed by atoms with Gasteiger partial charge in [0.25, 0.3) is 0 Å². The molecule has 0 radical (unpaired) electrons. The summed E-state index contributed by atoms with van der Waals surface area (Å²) in [6, 6.07) is 8.63. The first-order valence-corrected chi connectivity index (χ1v) is 11.6. The maximum absolute atomic E-state index is 5.98. The summed E-state index contributed by atoms with van der Waals surface area (Å²) < 4.78 is 0. The average Bonchev–Trinajstić information content (AvgIpc) is 2.77. The van der Waals surface area contributed by atoms with Gasteiger partial charge in [0, 0.05) is 41.8 Å². The molecule has 0 aromatic heterocycles. The number of hydrogen-bond donors (Lipinski definition) is 2. The Hall–Kier alpha value is -2.95. The second-order valence-electron chi connectivity index (χ2n) is 8.23. The van der Waals surface area contributed by atoms with Crippen molar-refractivity contribution in [3.8, 4) is 0 Å². The SMILES string of the molecule is C/C=C(/CCN=C1NC(/C(C)=C(\C)N=C(C)C)=NCCC/C1=C\N)c1ccccc1CC. The molecule has 0 bridgehead atoms. The van der Waals surface area contributed by atoms with E-state index in [0.29, 0.717) is 6.54 Å². The first-order valence-electron chi connectivity index (χ1n) is 11.6. The fraction of sp³-hybridized carbons (Fsp3) is 0.444. The number of aryl methyl sites for hydroxylation is 1. The molecule has 0 atom stereocenters. The highest BCUT2D eigenvalue weighted by Gasteiger charge is 2.15. The highest BCUT2D eigenvalue weighted by Crippen LogP contribution is 2.23. The molecule has 0 fully saturated rings. The summed E-state index contributed by atoms with van der Waals surface area (Å²) in [5.74, 6) is 1.64. The van der Waals surface area contributed by atoms with Gasteiger partial charge in [-0.2, -0.15) is 0 Å². The van der Waals surface area contributed by atoms with E-state index in [2.05, 4.69) is 61.4 Å². The lowest BCUT2D eigenvalue weighted by Gasteiger charge is -2.19. The van der Waals surface area contributed by atoms with Gasteiger partial charge >= 0.3 is 0 Å². The average molecular weight is 434 g/mol. The van der Waals surface area contributed by atoms with Gasteiger partial charge in [0.05, 0.1) is 0 Å². The van der Waals surface area contributed by atoms with Crippen LogP contribution in [0.3, 0.4) is 0 Å². The summed E-state index contributed by atoms with van der Waals surface area (Å²) >= 11 is 0. The molecule has 1 aromatic carbocycles. The maximum Gasteiger partial charge on any atom is 0.131 e. The van der Waals surface area contributed by atoms with Gasteiger partial charge in [-0.1, -0.05) is 37.3 Å². The van der Waals surface area contributed by atoms with Crippen molar-refractivity contribution in [2.75, 3.05) is 13.1 Å². The number of hydrogen-bond acceptors (Lipinski definition) is 4. The molecule has 1 aliphatic heterocycles. The molecule has 0 aliphatic carbocycles. The molecule has 3 N–H and O–H groups in total. The molecule has 172 valence electrons. The van der Waals surface area contributed by atoms with Crippen LogP contribution >= 0.6 is 0 Å². The summed E-state index contributed by atoms with van der Waals surface area (Å²) in [4.78, 5) is 14.3. The zero-order chi connectivity index (χ0) is 23.5.